The minimum Gasteiger partial charge on any atom is -0.497 e. The van der Waals surface area contributed by atoms with Crippen LogP contribution in [0.1, 0.15) is 24.5 Å². The van der Waals surface area contributed by atoms with Gasteiger partial charge in [0.1, 0.15) is 5.75 Å². The fourth-order valence-corrected chi connectivity index (χ4v) is 2.88. The fourth-order valence-electron chi connectivity index (χ4n) is 2.88. The monoisotopic (exact) mass is 241 g/mol. The highest BCUT2D eigenvalue weighted by Crippen LogP contribution is 2.35. The average molecular weight is 241 g/mol. The molecule has 2 nitrogen and oxygen atoms in total. The Morgan fingerprint density at radius 2 is 2.17 bits per heavy atom. The van der Waals surface area contributed by atoms with Crippen LogP contribution in [0.2, 0.25) is 0 Å². The van der Waals surface area contributed by atoms with Crippen molar-refractivity contribution in [3.05, 3.63) is 41.6 Å². The summed E-state index contributed by atoms with van der Waals surface area (Å²) in [5, 5.41) is 0. The van der Waals surface area contributed by atoms with Crippen LogP contribution in [-0.4, -0.2) is 11.7 Å². The van der Waals surface area contributed by atoms with Crippen molar-refractivity contribution in [1.82, 2.24) is 4.57 Å². The van der Waals surface area contributed by atoms with Crippen LogP contribution in [0.15, 0.2) is 30.5 Å². The molecule has 18 heavy (non-hydrogen) atoms. The maximum Gasteiger partial charge on any atom is 0.119 e. The number of rotatable bonds is 3. The molecule has 2 aromatic rings. The molecule has 0 bridgehead atoms. The molecule has 1 aromatic heterocycles. The summed E-state index contributed by atoms with van der Waals surface area (Å²) >= 11 is 0. The Morgan fingerprint density at radius 3 is 2.94 bits per heavy atom. The summed E-state index contributed by atoms with van der Waals surface area (Å²) in [7, 11) is 1.73. The first-order chi connectivity index (χ1) is 8.83. The first-order valence-corrected chi connectivity index (χ1v) is 6.68. The number of aromatic nitrogens is 1. The largest absolute Gasteiger partial charge is 0.497 e. The first-order valence-electron chi connectivity index (χ1n) is 6.68. The lowest BCUT2D eigenvalue weighted by Crippen LogP contribution is -2.10. The number of methoxy groups -OCH3 is 1. The molecule has 3 rings (SSSR count). The Balaban J connectivity index is 2.12. The zero-order valence-corrected chi connectivity index (χ0v) is 11.1. The van der Waals surface area contributed by atoms with Crippen LogP contribution in [0.5, 0.6) is 5.75 Å². The maximum absolute atomic E-state index is 5.32. The zero-order chi connectivity index (χ0) is 12.5. The van der Waals surface area contributed by atoms with Crippen molar-refractivity contribution in [2.24, 2.45) is 0 Å². The van der Waals surface area contributed by atoms with Gasteiger partial charge in [-0.25, -0.2) is 0 Å². The number of fused-ring (bicyclic) bond motifs is 3. The zero-order valence-electron chi connectivity index (χ0n) is 11.1. The molecule has 1 aliphatic heterocycles. The van der Waals surface area contributed by atoms with E-state index in [0.29, 0.717) is 0 Å². The topological polar surface area (TPSA) is 14.2 Å². The van der Waals surface area contributed by atoms with E-state index in [2.05, 4.69) is 42.0 Å². The molecule has 1 aromatic carbocycles. The van der Waals surface area contributed by atoms with Gasteiger partial charge in [0.2, 0.25) is 0 Å². The highest BCUT2D eigenvalue weighted by atomic mass is 16.5. The van der Waals surface area contributed by atoms with E-state index in [1.807, 2.05) is 0 Å². The van der Waals surface area contributed by atoms with Gasteiger partial charge in [0, 0.05) is 18.3 Å². The molecule has 0 saturated carbocycles. The summed E-state index contributed by atoms with van der Waals surface area (Å²) in [6, 6.07) is 8.73. The molecule has 0 radical (unpaired) electrons. The van der Waals surface area contributed by atoms with Crippen LogP contribution < -0.4 is 4.74 Å². The van der Waals surface area contributed by atoms with Crippen LogP contribution in [0.3, 0.4) is 0 Å². The number of aryl methyl sites for hydroxylation is 3. The molecule has 0 fully saturated rings. The van der Waals surface area contributed by atoms with Crippen molar-refractivity contribution in [2.45, 2.75) is 32.7 Å². The molecule has 0 spiro atoms. The van der Waals surface area contributed by atoms with E-state index in [1.165, 1.54) is 28.8 Å². The SMILES string of the molecule is CCCc1ccn2c1-c1ccc(OC)cc1CC2. The highest BCUT2D eigenvalue weighted by molar-refractivity contribution is 5.70. The lowest BCUT2D eigenvalue weighted by Gasteiger charge is -2.21. The number of hydrogen-bond acceptors (Lipinski definition) is 1. The molecule has 0 aliphatic carbocycles. The van der Waals surface area contributed by atoms with Gasteiger partial charge in [0.05, 0.1) is 12.8 Å². The maximum atomic E-state index is 5.32. The van der Waals surface area contributed by atoms with Crippen LogP contribution >= 0.6 is 0 Å². The summed E-state index contributed by atoms with van der Waals surface area (Å²) in [6.07, 6.45) is 5.68. The lowest BCUT2D eigenvalue weighted by atomic mass is 9.95. The second-order valence-corrected chi connectivity index (χ2v) is 4.91. The first kappa shape index (κ1) is 11.4. The lowest BCUT2D eigenvalue weighted by molar-refractivity contribution is 0.414. The van der Waals surface area contributed by atoms with Crippen molar-refractivity contribution in [2.75, 3.05) is 7.11 Å². The Hall–Kier alpha value is -1.70. The van der Waals surface area contributed by atoms with E-state index < -0.39 is 0 Å². The van der Waals surface area contributed by atoms with E-state index in [-0.39, 0.29) is 0 Å². The van der Waals surface area contributed by atoms with Crippen molar-refractivity contribution in [3.8, 4) is 17.0 Å². The molecule has 0 saturated heterocycles. The Labute approximate surface area is 108 Å². The van der Waals surface area contributed by atoms with Gasteiger partial charge in [-0.3, -0.25) is 0 Å². The van der Waals surface area contributed by atoms with Gasteiger partial charge in [-0.15, -0.1) is 0 Å². The van der Waals surface area contributed by atoms with Gasteiger partial charge in [0.15, 0.2) is 0 Å². The minimum absolute atomic E-state index is 0.964. The molecular formula is C16H19NO. The second kappa shape index (κ2) is 4.52. The summed E-state index contributed by atoms with van der Waals surface area (Å²) < 4.78 is 7.71. The van der Waals surface area contributed by atoms with E-state index >= 15 is 0 Å². The molecule has 0 unspecified atom stereocenters. The third kappa shape index (κ3) is 1.72. The molecule has 2 heteroatoms. The van der Waals surface area contributed by atoms with Crippen LogP contribution in [0.25, 0.3) is 11.3 Å². The van der Waals surface area contributed by atoms with E-state index in [0.717, 1.165) is 25.1 Å². The highest BCUT2D eigenvalue weighted by Gasteiger charge is 2.19. The van der Waals surface area contributed by atoms with Crippen LogP contribution in [-0.2, 0) is 19.4 Å². The molecule has 0 atom stereocenters. The van der Waals surface area contributed by atoms with Crippen LogP contribution in [0, 0.1) is 0 Å². The Bertz CT molecular complexity index is 568. The molecule has 2 heterocycles. The number of hydrogen-bond donors (Lipinski definition) is 0. The number of nitrogens with zero attached hydrogens (tertiary/aromatic N) is 1. The predicted octanol–water partition coefficient (Wildman–Crippen LogP) is 3.67. The van der Waals surface area contributed by atoms with Gasteiger partial charge in [-0.1, -0.05) is 13.3 Å². The number of ether oxygens (including phenoxy) is 1. The third-order valence-electron chi connectivity index (χ3n) is 3.76. The Kier molecular flexibility index (Phi) is 2.86. The molecular weight excluding hydrogens is 222 g/mol. The van der Waals surface area contributed by atoms with Crippen molar-refractivity contribution in [1.29, 1.82) is 0 Å². The summed E-state index contributed by atoms with van der Waals surface area (Å²) in [5.41, 5.74) is 5.69. The van der Waals surface area contributed by atoms with E-state index in [9.17, 15) is 0 Å². The predicted molar refractivity (Wildman–Crippen MR) is 74.1 cm³/mol. The molecule has 0 N–H and O–H groups in total. The third-order valence-corrected chi connectivity index (χ3v) is 3.76. The average Bonchev–Trinajstić information content (AvgIpc) is 2.82. The quantitative estimate of drug-likeness (QED) is 0.799. The van der Waals surface area contributed by atoms with Gasteiger partial charge in [-0.05, 0) is 48.2 Å². The van der Waals surface area contributed by atoms with Crippen LogP contribution in [0.4, 0.5) is 0 Å². The van der Waals surface area contributed by atoms with Crippen molar-refractivity contribution in [3.63, 3.8) is 0 Å². The summed E-state index contributed by atoms with van der Waals surface area (Å²) in [5.74, 6) is 0.964. The Morgan fingerprint density at radius 1 is 1.28 bits per heavy atom. The minimum atomic E-state index is 0.964. The molecule has 0 amide bonds. The van der Waals surface area contributed by atoms with Crippen molar-refractivity contribution >= 4 is 0 Å². The van der Waals surface area contributed by atoms with Gasteiger partial charge < -0.3 is 9.30 Å². The smallest absolute Gasteiger partial charge is 0.119 e. The van der Waals surface area contributed by atoms with Crippen molar-refractivity contribution < 1.29 is 4.74 Å². The van der Waals surface area contributed by atoms with Gasteiger partial charge in [-0.2, -0.15) is 0 Å². The van der Waals surface area contributed by atoms with E-state index in [4.69, 9.17) is 4.74 Å². The number of benzene rings is 1. The summed E-state index contributed by atoms with van der Waals surface area (Å²) in [4.78, 5) is 0. The van der Waals surface area contributed by atoms with E-state index in [1.54, 1.807) is 7.11 Å². The summed E-state index contributed by atoms with van der Waals surface area (Å²) in [6.45, 7) is 3.32. The van der Waals surface area contributed by atoms with Gasteiger partial charge >= 0.3 is 0 Å². The molecule has 1 aliphatic rings. The molecule has 94 valence electrons. The fraction of sp³-hybridized carbons (Fsp3) is 0.375. The standard InChI is InChI=1S/C16H19NO/c1-3-4-12-7-9-17-10-8-13-11-14(18-2)5-6-15(13)16(12)17/h5-7,9,11H,3-4,8,10H2,1-2H3. The normalized spacial score (nSPS) is 13.0. The second-order valence-electron chi connectivity index (χ2n) is 4.91. The van der Waals surface area contributed by atoms with Gasteiger partial charge in [0.25, 0.3) is 0 Å².